The highest BCUT2D eigenvalue weighted by molar-refractivity contribution is 5.80. The van der Waals surface area contributed by atoms with Gasteiger partial charge in [-0.15, -0.1) is 0 Å². The van der Waals surface area contributed by atoms with Gasteiger partial charge in [0, 0.05) is 12.8 Å². The third kappa shape index (κ3) is 32.4. The molecule has 248 valence electrons. The van der Waals surface area contributed by atoms with E-state index < -0.39 is 5.97 Å². The molecule has 0 aliphatic carbocycles. The Kier molecular flexibility index (Phi) is 30.7. The smallest absolute Gasteiger partial charge is 0.322 e. The van der Waals surface area contributed by atoms with Crippen molar-refractivity contribution in [3.05, 3.63) is 36.5 Å². The summed E-state index contributed by atoms with van der Waals surface area (Å²) in [5, 5.41) is 11.0. The molecular weight excluding hydrogens is 538 g/mol. The van der Waals surface area contributed by atoms with E-state index in [0.717, 1.165) is 51.4 Å². The molecule has 0 radical (unpaired) electrons. The molecule has 1 amide bonds. The van der Waals surface area contributed by atoms with Crippen molar-refractivity contribution in [3.8, 4) is 0 Å². The van der Waals surface area contributed by atoms with Crippen LogP contribution in [0.4, 0.5) is 0 Å². The number of carboxylic acid groups (broad SMARTS) is 1. The van der Waals surface area contributed by atoms with Crippen LogP contribution in [-0.4, -0.2) is 35.6 Å². The number of amides is 1. The quantitative estimate of drug-likeness (QED) is 0.0467. The van der Waals surface area contributed by atoms with E-state index in [2.05, 4.69) is 31.3 Å². The number of hydrogen-bond acceptors (Lipinski definition) is 4. The van der Waals surface area contributed by atoms with Crippen molar-refractivity contribution in [1.82, 2.24) is 5.32 Å². The monoisotopic (exact) mass is 603 g/mol. The first-order chi connectivity index (χ1) is 21.0. The fourth-order valence-electron chi connectivity index (χ4n) is 4.94. The first-order valence-corrected chi connectivity index (χ1v) is 17.7. The number of aliphatic carboxylic acids is 1. The molecule has 0 aliphatic rings. The fourth-order valence-corrected chi connectivity index (χ4v) is 4.94. The molecule has 0 aliphatic heterocycles. The van der Waals surface area contributed by atoms with Gasteiger partial charge in [0.05, 0.1) is 0 Å². The van der Waals surface area contributed by atoms with E-state index in [1.165, 1.54) is 89.9 Å². The number of carbonyl (C=O) groups is 3. The van der Waals surface area contributed by atoms with Crippen molar-refractivity contribution in [2.45, 2.75) is 174 Å². The Morgan fingerprint density at radius 2 is 1.14 bits per heavy atom. The number of esters is 1. The Balaban J connectivity index is 4.03. The predicted octanol–water partition coefficient (Wildman–Crippen LogP) is 10.2. The highest BCUT2D eigenvalue weighted by Gasteiger charge is 2.09. The Morgan fingerprint density at radius 3 is 1.70 bits per heavy atom. The van der Waals surface area contributed by atoms with Crippen molar-refractivity contribution in [2.75, 3.05) is 6.54 Å². The number of nitrogens with one attached hydrogen (secondary N) is 1. The first kappa shape index (κ1) is 40.6. The summed E-state index contributed by atoms with van der Waals surface area (Å²) in [5.74, 6) is -1.40. The van der Waals surface area contributed by atoms with E-state index in [9.17, 15) is 14.4 Å². The van der Waals surface area contributed by atoms with Gasteiger partial charge in [-0.1, -0.05) is 141 Å². The van der Waals surface area contributed by atoms with Gasteiger partial charge in [-0.3, -0.25) is 14.4 Å². The van der Waals surface area contributed by atoms with Crippen LogP contribution >= 0.6 is 0 Å². The number of unbranched alkanes of at least 4 members (excludes halogenated alkanes) is 18. The van der Waals surface area contributed by atoms with Crippen molar-refractivity contribution < 1.29 is 24.2 Å². The van der Waals surface area contributed by atoms with Gasteiger partial charge >= 0.3 is 11.9 Å². The number of carboxylic acids is 1. The molecule has 0 bridgehead atoms. The molecule has 1 atom stereocenters. The van der Waals surface area contributed by atoms with Crippen LogP contribution in [0.25, 0.3) is 0 Å². The zero-order chi connectivity index (χ0) is 31.6. The van der Waals surface area contributed by atoms with Crippen LogP contribution in [0, 0.1) is 0 Å². The van der Waals surface area contributed by atoms with Gasteiger partial charge in [0.15, 0.2) is 0 Å². The lowest BCUT2D eigenvalue weighted by molar-refractivity contribution is -0.145. The topological polar surface area (TPSA) is 92.7 Å². The summed E-state index contributed by atoms with van der Waals surface area (Å²) in [6.45, 7) is 4.05. The minimum absolute atomic E-state index is 0.138. The maximum atomic E-state index is 12.5. The summed E-state index contributed by atoms with van der Waals surface area (Å²) in [6, 6.07) is 0. The number of allylic oxidation sites excluding steroid dienone is 4. The van der Waals surface area contributed by atoms with Crippen molar-refractivity contribution in [3.63, 3.8) is 0 Å². The predicted molar refractivity (Wildman–Crippen MR) is 180 cm³/mol. The number of carbonyl (C=O) groups excluding carboxylic acids is 2. The van der Waals surface area contributed by atoms with Crippen molar-refractivity contribution in [2.24, 2.45) is 0 Å². The number of hydrogen-bond donors (Lipinski definition) is 2. The van der Waals surface area contributed by atoms with E-state index in [1.54, 1.807) is 0 Å². The van der Waals surface area contributed by atoms with Crippen LogP contribution in [0.5, 0.6) is 0 Å². The van der Waals surface area contributed by atoms with E-state index in [0.29, 0.717) is 12.8 Å². The van der Waals surface area contributed by atoms with Gasteiger partial charge in [-0.05, 0) is 50.7 Å². The molecule has 0 fully saturated rings. The first-order valence-electron chi connectivity index (χ1n) is 17.7. The molecule has 0 spiro atoms. The van der Waals surface area contributed by atoms with Crippen LogP contribution in [0.3, 0.4) is 0 Å². The van der Waals surface area contributed by atoms with E-state index >= 15 is 0 Å². The van der Waals surface area contributed by atoms with E-state index in [4.69, 9.17) is 9.84 Å². The van der Waals surface area contributed by atoms with Crippen LogP contribution < -0.4 is 5.32 Å². The van der Waals surface area contributed by atoms with Gasteiger partial charge < -0.3 is 15.2 Å². The lowest BCUT2D eigenvalue weighted by Crippen LogP contribution is -2.28. The molecule has 0 aromatic rings. The van der Waals surface area contributed by atoms with Crippen LogP contribution in [0.15, 0.2) is 36.5 Å². The number of ether oxygens (including phenoxy) is 1. The van der Waals surface area contributed by atoms with Crippen LogP contribution in [0.2, 0.25) is 0 Å². The summed E-state index contributed by atoms with van der Waals surface area (Å²) >= 11 is 0. The maximum absolute atomic E-state index is 12.5. The normalized spacial score (nSPS) is 12.4. The Labute approximate surface area is 264 Å². The third-order valence-corrected chi connectivity index (χ3v) is 7.54. The summed E-state index contributed by atoms with van der Waals surface area (Å²) in [4.78, 5) is 34.6. The molecule has 2 N–H and O–H groups in total. The second-order valence-corrected chi connectivity index (χ2v) is 11.7. The molecule has 0 saturated carbocycles. The van der Waals surface area contributed by atoms with Crippen LogP contribution in [0.1, 0.15) is 168 Å². The zero-order valence-corrected chi connectivity index (χ0v) is 27.8. The SMILES string of the molecule is CC/C=C\C/C=C\C(/C=C\CCCCCC(=O)NCC(=O)O)OC(=O)CCCCCCCCCCCCCCCCCC. The van der Waals surface area contributed by atoms with E-state index in [-0.39, 0.29) is 24.5 Å². The molecule has 6 heteroatoms. The Morgan fingerprint density at radius 1 is 0.628 bits per heavy atom. The second-order valence-electron chi connectivity index (χ2n) is 11.7. The summed E-state index contributed by atoms with van der Waals surface area (Å²) < 4.78 is 5.75. The summed E-state index contributed by atoms with van der Waals surface area (Å²) in [7, 11) is 0. The minimum atomic E-state index is -1.03. The summed E-state index contributed by atoms with van der Waals surface area (Å²) in [6.07, 6.45) is 38.9. The van der Waals surface area contributed by atoms with Crippen molar-refractivity contribution >= 4 is 17.8 Å². The van der Waals surface area contributed by atoms with Gasteiger partial charge in [0.25, 0.3) is 0 Å². The van der Waals surface area contributed by atoms with E-state index in [1.807, 2.05) is 24.3 Å². The fraction of sp³-hybridized carbons (Fsp3) is 0.757. The van der Waals surface area contributed by atoms with Crippen LogP contribution in [-0.2, 0) is 19.1 Å². The van der Waals surface area contributed by atoms with Gasteiger partial charge in [0.1, 0.15) is 12.6 Å². The van der Waals surface area contributed by atoms with Crippen molar-refractivity contribution in [1.29, 1.82) is 0 Å². The minimum Gasteiger partial charge on any atom is -0.480 e. The molecule has 6 nitrogen and oxygen atoms in total. The highest BCUT2D eigenvalue weighted by atomic mass is 16.5. The van der Waals surface area contributed by atoms with Gasteiger partial charge in [-0.2, -0.15) is 0 Å². The average molecular weight is 604 g/mol. The van der Waals surface area contributed by atoms with Gasteiger partial charge in [-0.25, -0.2) is 0 Å². The molecule has 0 aromatic heterocycles. The molecular formula is C37H65NO5. The van der Waals surface area contributed by atoms with Gasteiger partial charge in [0.2, 0.25) is 5.91 Å². The summed E-state index contributed by atoms with van der Waals surface area (Å²) in [5.41, 5.74) is 0. The average Bonchev–Trinajstić information content (AvgIpc) is 2.99. The molecule has 43 heavy (non-hydrogen) atoms. The molecule has 0 aromatic carbocycles. The Bertz CT molecular complexity index is 758. The largest absolute Gasteiger partial charge is 0.480 e. The highest BCUT2D eigenvalue weighted by Crippen LogP contribution is 2.15. The second kappa shape index (κ2) is 32.5. The molecule has 0 rings (SSSR count). The lowest BCUT2D eigenvalue weighted by Gasteiger charge is -2.11. The lowest BCUT2D eigenvalue weighted by atomic mass is 10.0. The zero-order valence-electron chi connectivity index (χ0n) is 27.8. The molecule has 0 saturated heterocycles. The maximum Gasteiger partial charge on any atom is 0.322 e. The number of rotatable bonds is 31. The molecule has 1 unspecified atom stereocenters. The Hall–Kier alpha value is -2.37. The third-order valence-electron chi connectivity index (χ3n) is 7.54. The molecule has 0 heterocycles. The standard InChI is InChI=1S/C37H65NO5/c1-3-5-7-9-10-11-12-13-14-15-16-17-18-19-24-28-32-37(42)43-34(29-25-21-8-6-4-2)30-26-22-20-23-27-31-35(39)38-33-36(40)41/h6,8,25-26,29-30,34H,3-5,7,9-24,27-28,31-33H2,1-2H3,(H,38,39)(H,40,41)/b8-6-,29-25-,30-26-.